The van der Waals surface area contributed by atoms with Gasteiger partial charge in [0.05, 0.1) is 19.2 Å². The topological polar surface area (TPSA) is 61.2 Å². The third-order valence-electron chi connectivity index (χ3n) is 3.90. The summed E-state index contributed by atoms with van der Waals surface area (Å²) in [7, 11) is 1.36. The van der Waals surface area contributed by atoms with Gasteiger partial charge in [-0.3, -0.25) is 9.78 Å². The lowest BCUT2D eigenvalue weighted by molar-refractivity contribution is 0.0600. The fraction of sp³-hybridized carbons (Fsp3) is 0.150. The van der Waals surface area contributed by atoms with Gasteiger partial charge in [-0.1, -0.05) is 30.3 Å². The number of hydrogen-bond donors (Lipinski definition) is 0. The van der Waals surface area contributed by atoms with Crippen LogP contribution in [0.15, 0.2) is 71.8 Å². The Balaban J connectivity index is 1.72. The van der Waals surface area contributed by atoms with Crippen molar-refractivity contribution >= 4 is 5.97 Å². The molecule has 0 aliphatic carbocycles. The predicted octanol–water partition coefficient (Wildman–Crippen LogP) is 2.67. The Kier molecular flexibility index (Phi) is 5.04. The largest absolute Gasteiger partial charge is 0.465 e. The summed E-state index contributed by atoms with van der Waals surface area (Å²) >= 11 is 0. The van der Waals surface area contributed by atoms with Crippen molar-refractivity contribution in [3.63, 3.8) is 0 Å². The Morgan fingerprint density at radius 1 is 1.08 bits per heavy atom. The molecule has 0 aliphatic heterocycles. The number of rotatable bonds is 5. The van der Waals surface area contributed by atoms with Gasteiger partial charge in [0.25, 0.3) is 5.56 Å². The Morgan fingerprint density at radius 2 is 1.84 bits per heavy atom. The monoisotopic (exact) mass is 334 g/mol. The molecule has 25 heavy (non-hydrogen) atoms. The molecular weight excluding hydrogens is 316 g/mol. The molecule has 3 rings (SSSR count). The maximum absolute atomic E-state index is 11.8. The summed E-state index contributed by atoms with van der Waals surface area (Å²) in [5.41, 5.74) is 3.41. The molecule has 0 saturated carbocycles. The predicted molar refractivity (Wildman–Crippen MR) is 94.6 cm³/mol. The van der Waals surface area contributed by atoms with Gasteiger partial charge in [0.1, 0.15) is 0 Å². The van der Waals surface area contributed by atoms with Crippen molar-refractivity contribution < 1.29 is 9.53 Å². The summed E-state index contributed by atoms with van der Waals surface area (Å²) in [6.45, 7) is 0.538. The van der Waals surface area contributed by atoms with Crippen LogP contribution in [-0.2, 0) is 17.7 Å². The van der Waals surface area contributed by atoms with Gasteiger partial charge in [0, 0.05) is 30.6 Å². The van der Waals surface area contributed by atoms with Gasteiger partial charge >= 0.3 is 5.97 Å². The molecule has 3 aromatic rings. The summed E-state index contributed by atoms with van der Waals surface area (Å²) in [6.07, 6.45) is 4.01. The second-order valence-electron chi connectivity index (χ2n) is 5.69. The first kappa shape index (κ1) is 16.6. The molecule has 0 bridgehead atoms. The second kappa shape index (κ2) is 7.57. The van der Waals surface area contributed by atoms with Crippen LogP contribution in [0.1, 0.15) is 27.2 Å². The molecule has 0 amide bonds. The zero-order valence-electron chi connectivity index (χ0n) is 13.9. The van der Waals surface area contributed by atoms with Crippen LogP contribution in [0, 0.1) is 0 Å². The van der Waals surface area contributed by atoms with Crippen molar-refractivity contribution in [1.82, 2.24) is 9.55 Å². The Labute approximate surface area is 145 Å². The van der Waals surface area contributed by atoms with Gasteiger partial charge in [0.2, 0.25) is 0 Å². The lowest BCUT2D eigenvalue weighted by Crippen LogP contribution is -2.18. The maximum atomic E-state index is 11.8. The highest BCUT2D eigenvalue weighted by Crippen LogP contribution is 2.12. The van der Waals surface area contributed by atoms with Crippen LogP contribution >= 0.6 is 0 Å². The standard InChI is InChI=1S/C20H18N2O3/c1-25-20(24)17-9-10-21-18(13-17)12-15-5-7-16(8-6-15)14-22-11-3-2-4-19(22)23/h2-11,13H,12,14H2,1H3. The van der Waals surface area contributed by atoms with E-state index >= 15 is 0 Å². The third-order valence-corrected chi connectivity index (χ3v) is 3.90. The quantitative estimate of drug-likeness (QED) is 0.673. The van der Waals surface area contributed by atoms with E-state index in [0.29, 0.717) is 18.5 Å². The molecule has 0 radical (unpaired) electrons. The third kappa shape index (κ3) is 4.20. The minimum Gasteiger partial charge on any atom is -0.465 e. The molecule has 0 saturated heterocycles. The van der Waals surface area contributed by atoms with Crippen LogP contribution in [0.25, 0.3) is 0 Å². The molecule has 0 aliphatic rings. The first-order chi connectivity index (χ1) is 12.2. The van der Waals surface area contributed by atoms with E-state index in [9.17, 15) is 9.59 Å². The number of benzene rings is 1. The zero-order valence-corrected chi connectivity index (χ0v) is 13.9. The highest BCUT2D eigenvalue weighted by atomic mass is 16.5. The number of carbonyl (C=O) groups excluding carboxylic acids is 1. The second-order valence-corrected chi connectivity index (χ2v) is 5.69. The normalized spacial score (nSPS) is 10.4. The molecule has 2 aromatic heterocycles. The molecule has 0 unspecified atom stereocenters. The summed E-state index contributed by atoms with van der Waals surface area (Å²) in [5.74, 6) is -0.368. The molecule has 1 aromatic carbocycles. The smallest absolute Gasteiger partial charge is 0.337 e. The molecule has 0 spiro atoms. The van der Waals surface area contributed by atoms with Gasteiger partial charge < -0.3 is 9.30 Å². The summed E-state index contributed by atoms with van der Waals surface area (Å²) in [5, 5.41) is 0. The molecule has 0 N–H and O–H groups in total. The van der Waals surface area contributed by atoms with Crippen molar-refractivity contribution in [2.45, 2.75) is 13.0 Å². The van der Waals surface area contributed by atoms with E-state index in [2.05, 4.69) is 4.98 Å². The Hall–Kier alpha value is -3.21. The summed E-state index contributed by atoms with van der Waals surface area (Å²) < 4.78 is 6.39. The van der Waals surface area contributed by atoms with Crippen molar-refractivity contribution in [2.75, 3.05) is 7.11 Å². The first-order valence-electron chi connectivity index (χ1n) is 7.92. The number of ether oxygens (including phenoxy) is 1. The van der Waals surface area contributed by atoms with Crippen molar-refractivity contribution in [3.05, 3.63) is 99.7 Å². The van der Waals surface area contributed by atoms with Crippen molar-refractivity contribution in [1.29, 1.82) is 0 Å². The van der Waals surface area contributed by atoms with Crippen LogP contribution in [0.2, 0.25) is 0 Å². The van der Waals surface area contributed by atoms with Gasteiger partial charge in [-0.2, -0.15) is 0 Å². The summed E-state index contributed by atoms with van der Waals surface area (Å²) in [6, 6.07) is 16.5. The lowest BCUT2D eigenvalue weighted by Gasteiger charge is -2.07. The van der Waals surface area contributed by atoms with E-state index in [4.69, 9.17) is 4.74 Å². The van der Waals surface area contributed by atoms with E-state index in [1.54, 1.807) is 41.2 Å². The van der Waals surface area contributed by atoms with Crippen molar-refractivity contribution in [2.24, 2.45) is 0 Å². The molecule has 5 nitrogen and oxygen atoms in total. The van der Waals surface area contributed by atoms with Crippen LogP contribution in [0.5, 0.6) is 0 Å². The SMILES string of the molecule is COC(=O)c1ccnc(Cc2ccc(Cn3ccccc3=O)cc2)c1. The maximum Gasteiger partial charge on any atom is 0.337 e. The van der Waals surface area contributed by atoms with Gasteiger partial charge in [-0.25, -0.2) is 4.79 Å². The number of hydrogen-bond acceptors (Lipinski definition) is 4. The van der Waals surface area contributed by atoms with Gasteiger partial charge in [-0.05, 0) is 29.3 Å². The molecule has 0 atom stereocenters. The fourth-order valence-corrected chi connectivity index (χ4v) is 2.58. The van der Waals surface area contributed by atoms with E-state index in [0.717, 1.165) is 16.8 Å². The van der Waals surface area contributed by atoms with E-state index in [1.165, 1.54) is 7.11 Å². The van der Waals surface area contributed by atoms with Crippen LogP contribution in [0.4, 0.5) is 0 Å². The molecule has 5 heteroatoms. The highest BCUT2D eigenvalue weighted by molar-refractivity contribution is 5.89. The van der Waals surface area contributed by atoms with Gasteiger partial charge in [0.15, 0.2) is 0 Å². The first-order valence-corrected chi connectivity index (χ1v) is 7.92. The average molecular weight is 334 g/mol. The van der Waals surface area contributed by atoms with E-state index in [1.807, 2.05) is 30.3 Å². The number of nitrogens with zero attached hydrogens (tertiary/aromatic N) is 2. The summed E-state index contributed by atoms with van der Waals surface area (Å²) in [4.78, 5) is 27.6. The van der Waals surface area contributed by atoms with Crippen molar-refractivity contribution in [3.8, 4) is 0 Å². The number of methoxy groups -OCH3 is 1. The Bertz CT molecular complexity index is 930. The number of esters is 1. The number of aromatic nitrogens is 2. The number of carbonyl (C=O) groups is 1. The lowest BCUT2D eigenvalue weighted by atomic mass is 10.1. The molecular formula is C20H18N2O3. The van der Waals surface area contributed by atoms with E-state index in [-0.39, 0.29) is 11.5 Å². The van der Waals surface area contributed by atoms with Crippen LogP contribution in [0.3, 0.4) is 0 Å². The molecule has 126 valence electrons. The highest BCUT2D eigenvalue weighted by Gasteiger charge is 2.07. The van der Waals surface area contributed by atoms with Crippen LogP contribution in [-0.4, -0.2) is 22.6 Å². The zero-order chi connectivity index (χ0) is 17.6. The number of pyridine rings is 2. The average Bonchev–Trinajstić information content (AvgIpc) is 2.65. The van der Waals surface area contributed by atoms with E-state index < -0.39 is 0 Å². The molecule has 0 fully saturated rings. The van der Waals surface area contributed by atoms with Crippen LogP contribution < -0.4 is 5.56 Å². The Morgan fingerprint density at radius 3 is 2.56 bits per heavy atom. The fourth-order valence-electron chi connectivity index (χ4n) is 2.58. The minimum atomic E-state index is -0.368. The molecule has 2 heterocycles. The minimum absolute atomic E-state index is 0.0181. The van der Waals surface area contributed by atoms with Gasteiger partial charge in [-0.15, -0.1) is 0 Å².